The summed E-state index contributed by atoms with van der Waals surface area (Å²) in [5.74, 6) is -0.763. The number of halogens is 3. The van der Waals surface area contributed by atoms with Gasteiger partial charge in [0.05, 0.1) is 5.56 Å². The first-order valence-electron chi connectivity index (χ1n) is 5.67. The highest BCUT2D eigenvalue weighted by atomic mass is 32.1. The third kappa shape index (κ3) is 2.25. The van der Waals surface area contributed by atoms with Crippen molar-refractivity contribution in [3.63, 3.8) is 0 Å². The first-order valence-corrected chi connectivity index (χ1v) is 6.55. The molecular formula is C12H7F3N4OS. The molecule has 0 saturated carbocycles. The molecule has 0 fully saturated rings. The fourth-order valence-corrected chi connectivity index (χ4v) is 3.00. The Morgan fingerprint density at radius 1 is 1.29 bits per heavy atom. The van der Waals surface area contributed by atoms with E-state index in [-0.39, 0.29) is 16.8 Å². The van der Waals surface area contributed by atoms with E-state index in [1.165, 1.54) is 18.2 Å². The summed E-state index contributed by atoms with van der Waals surface area (Å²) < 4.78 is 38.9. The zero-order valence-corrected chi connectivity index (χ0v) is 11.0. The topological polar surface area (TPSA) is 84.7 Å². The lowest BCUT2D eigenvalue weighted by Gasteiger charge is -2.04. The number of amides is 1. The summed E-state index contributed by atoms with van der Waals surface area (Å²) in [7, 11) is 0. The molecule has 3 N–H and O–H groups in total. The van der Waals surface area contributed by atoms with E-state index in [0.717, 1.165) is 16.7 Å². The largest absolute Gasteiger partial charge is 0.417 e. The summed E-state index contributed by atoms with van der Waals surface area (Å²) in [4.78, 5) is 11.2. The van der Waals surface area contributed by atoms with Gasteiger partial charge in [0.1, 0.15) is 5.69 Å². The summed E-state index contributed by atoms with van der Waals surface area (Å²) in [5, 5.41) is 10.9. The van der Waals surface area contributed by atoms with Crippen LogP contribution in [0.4, 0.5) is 13.2 Å². The molecule has 0 atom stereocenters. The van der Waals surface area contributed by atoms with Gasteiger partial charge in [0, 0.05) is 21.0 Å². The molecule has 108 valence electrons. The highest BCUT2D eigenvalue weighted by Gasteiger charge is 2.33. The van der Waals surface area contributed by atoms with Crippen molar-refractivity contribution >= 4 is 27.3 Å². The fraction of sp³-hybridized carbons (Fsp3) is 0.0833. The van der Waals surface area contributed by atoms with Crippen molar-refractivity contribution in [2.24, 2.45) is 5.73 Å². The molecule has 9 heteroatoms. The van der Waals surface area contributed by atoms with Crippen LogP contribution in [0, 0.1) is 0 Å². The van der Waals surface area contributed by atoms with Gasteiger partial charge in [0.15, 0.2) is 5.69 Å². The summed E-state index contributed by atoms with van der Waals surface area (Å²) in [6.45, 7) is 0. The Kier molecular flexibility index (Phi) is 2.94. The molecular weight excluding hydrogens is 305 g/mol. The number of primary amides is 1. The number of nitrogens with two attached hydrogens (primary N) is 1. The van der Waals surface area contributed by atoms with Gasteiger partial charge in [-0.05, 0) is 6.07 Å². The zero-order chi connectivity index (χ0) is 15.2. The number of aromatic nitrogens is 3. The van der Waals surface area contributed by atoms with E-state index < -0.39 is 17.6 Å². The lowest BCUT2D eigenvalue weighted by Crippen LogP contribution is -2.12. The molecule has 2 aromatic heterocycles. The van der Waals surface area contributed by atoms with E-state index in [0.29, 0.717) is 10.3 Å². The summed E-state index contributed by atoms with van der Waals surface area (Å²) in [6, 6.07) is 4.33. The summed E-state index contributed by atoms with van der Waals surface area (Å²) >= 11 is 0.972. The van der Waals surface area contributed by atoms with E-state index in [4.69, 9.17) is 5.73 Å². The SMILES string of the molecule is NC(=O)c1n[nH]nc1-c1ccc2c(C(F)(F)F)csc2c1. The van der Waals surface area contributed by atoms with Gasteiger partial charge in [0.2, 0.25) is 0 Å². The molecule has 1 amide bonds. The Bertz CT molecular complexity index is 837. The standard InChI is InChI=1S/C12H7F3N4OS/c13-12(14,15)7-4-21-8-3-5(1-2-6(7)8)9-10(11(16)20)18-19-17-9/h1-4H,(H2,16,20)(H,17,18,19). The minimum absolute atomic E-state index is 0.0537. The van der Waals surface area contributed by atoms with Gasteiger partial charge in [0.25, 0.3) is 5.91 Å². The van der Waals surface area contributed by atoms with Gasteiger partial charge >= 0.3 is 6.18 Å². The maximum Gasteiger partial charge on any atom is 0.417 e. The fourth-order valence-electron chi connectivity index (χ4n) is 2.00. The van der Waals surface area contributed by atoms with Crippen LogP contribution in [-0.2, 0) is 6.18 Å². The van der Waals surface area contributed by atoms with Crippen molar-refractivity contribution in [3.05, 3.63) is 34.8 Å². The maximum atomic E-state index is 12.8. The molecule has 0 aliphatic heterocycles. The van der Waals surface area contributed by atoms with Gasteiger partial charge in [-0.1, -0.05) is 12.1 Å². The number of nitrogens with one attached hydrogen (secondary N) is 1. The number of alkyl halides is 3. The number of carbonyl (C=O) groups is 1. The van der Waals surface area contributed by atoms with Crippen molar-refractivity contribution < 1.29 is 18.0 Å². The van der Waals surface area contributed by atoms with E-state index in [1.54, 1.807) is 0 Å². The average molecular weight is 312 g/mol. The number of H-pyrrole nitrogens is 1. The van der Waals surface area contributed by atoms with Crippen molar-refractivity contribution in [3.8, 4) is 11.3 Å². The van der Waals surface area contributed by atoms with Crippen molar-refractivity contribution in [2.45, 2.75) is 6.18 Å². The van der Waals surface area contributed by atoms with Crippen LogP contribution < -0.4 is 5.73 Å². The van der Waals surface area contributed by atoms with E-state index >= 15 is 0 Å². The molecule has 0 spiro atoms. The van der Waals surface area contributed by atoms with Crippen LogP contribution in [0.15, 0.2) is 23.6 Å². The van der Waals surface area contributed by atoms with E-state index in [2.05, 4.69) is 15.4 Å². The smallest absolute Gasteiger partial charge is 0.364 e. The minimum Gasteiger partial charge on any atom is -0.364 e. The molecule has 5 nitrogen and oxygen atoms in total. The number of aromatic amines is 1. The molecule has 3 rings (SSSR count). The quantitative estimate of drug-likeness (QED) is 0.763. The lowest BCUT2D eigenvalue weighted by molar-refractivity contribution is -0.136. The van der Waals surface area contributed by atoms with Crippen LogP contribution in [0.25, 0.3) is 21.3 Å². The molecule has 0 saturated heterocycles. The minimum atomic E-state index is -4.40. The van der Waals surface area contributed by atoms with Gasteiger partial charge in [-0.15, -0.1) is 11.3 Å². The second-order valence-corrected chi connectivity index (χ2v) is 5.15. The Morgan fingerprint density at radius 3 is 2.71 bits per heavy atom. The Hall–Kier alpha value is -2.42. The predicted octanol–water partition coefficient (Wildman–Crippen LogP) is 2.80. The number of hydrogen-bond donors (Lipinski definition) is 2. The summed E-state index contributed by atoms with van der Waals surface area (Å²) in [5.41, 5.74) is 5.12. The normalized spacial score (nSPS) is 12.0. The third-order valence-corrected chi connectivity index (χ3v) is 3.88. The second kappa shape index (κ2) is 4.55. The predicted molar refractivity (Wildman–Crippen MR) is 70.7 cm³/mol. The first-order chi connectivity index (χ1) is 9.88. The summed E-state index contributed by atoms with van der Waals surface area (Å²) in [6.07, 6.45) is -4.40. The van der Waals surface area contributed by atoms with E-state index in [1.807, 2.05) is 0 Å². The van der Waals surface area contributed by atoms with Gasteiger partial charge < -0.3 is 5.73 Å². The van der Waals surface area contributed by atoms with Gasteiger partial charge in [-0.25, -0.2) is 0 Å². The van der Waals surface area contributed by atoms with Crippen molar-refractivity contribution in [2.75, 3.05) is 0 Å². The number of carbonyl (C=O) groups excluding carboxylic acids is 1. The molecule has 0 unspecified atom stereocenters. The van der Waals surface area contributed by atoms with Crippen LogP contribution >= 0.6 is 11.3 Å². The zero-order valence-electron chi connectivity index (χ0n) is 10.2. The van der Waals surface area contributed by atoms with E-state index in [9.17, 15) is 18.0 Å². The third-order valence-electron chi connectivity index (χ3n) is 2.94. The molecule has 1 aromatic carbocycles. The second-order valence-electron chi connectivity index (χ2n) is 4.24. The highest BCUT2D eigenvalue weighted by molar-refractivity contribution is 7.17. The molecule has 0 aliphatic rings. The molecule has 3 aromatic rings. The number of rotatable bonds is 2. The molecule has 0 radical (unpaired) electrons. The lowest BCUT2D eigenvalue weighted by atomic mass is 10.1. The molecule has 2 heterocycles. The van der Waals surface area contributed by atoms with Crippen LogP contribution in [0.2, 0.25) is 0 Å². The first kappa shape index (κ1) is 13.6. The van der Waals surface area contributed by atoms with Crippen LogP contribution in [0.3, 0.4) is 0 Å². The highest BCUT2D eigenvalue weighted by Crippen LogP contribution is 2.39. The van der Waals surface area contributed by atoms with Gasteiger partial charge in [-0.3, -0.25) is 4.79 Å². The van der Waals surface area contributed by atoms with Crippen LogP contribution in [-0.4, -0.2) is 21.3 Å². The Morgan fingerprint density at radius 2 is 2.05 bits per heavy atom. The molecule has 21 heavy (non-hydrogen) atoms. The van der Waals surface area contributed by atoms with Crippen molar-refractivity contribution in [1.82, 2.24) is 15.4 Å². The number of fused-ring (bicyclic) bond motifs is 1. The van der Waals surface area contributed by atoms with Gasteiger partial charge in [-0.2, -0.15) is 28.6 Å². The van der Waals surface area contributed by atoms with Crippen LogP contribution in [0.5, 0.6) is 0 Å². The van der Waals surface area contributed by atoms with Crippen LogP contribution in [0.1, 0.15) is 16.1 Å². The maximum absolute atomic E-state index is 12.8. The monoisotopic (exact) mass is 312 g/mol. The average Bonchev–Trinajstić information content (AvgIpc) is 3.03. The number of thiophene rings is 1. The van der Waals surface area contributed by atoms with Crippen molar-refractivity contribution in [1.29, 1.82) is 0 Å². The molecule has 0 bridgehead atoms. The Balaban J connectivity index is 2.15. The molecule has 0 aliphatic carbocycles. The Labute approximate surface area is 119 Å². The number of benzene rings is 1. The number of hydrogen-bond acceptors (Lipinski definition) is 4. The number of nitrogens with zero attached hydrogens (tertiary/aromatic N) is 2.